The number of nitro benzene ring substituents is 1. The molecule has 152 valence electrons. The molecule has 1 aromatic carbocycles. The second-order valence-corrected chi connectivity index (χ2v) is 6.84. The molecule has 0 bridgehead atoms. The van der Waals surface area contributed by atoms with Gasteiger partial charge in [-0.05, 0) is 5.92 Å². The maximum atomic E-state index is 11.1. The van der Waals surface area contributed by atoms with Crippen LogP contribution in [0.5, 0.6) is 0 Å². The van der Waals surface area contributed by atoms with E-state index in [1.807, 2.05) is 0 Å². The zero-order valence-electron chi connectivity index (χ0n) is 16.2. The molecule has 1 unspecified atom stereocenters. The molecule has 9 heteroatoms. The minimum absolute atomic E-state index is 0. The van der Waals surface area contributed by atoms with Crippen molar-refractivity contribution >= 4 is 35.6 Å². The molecule has 1 atom stereocenters. The van der Waals surface area contributed by atoms with E-state index < -0.39 is 0 Å². The van der Waals surface area contributed by atoms with Crippen LogP contribution in [0.3, 0.4) is 0 Å². The van der Waals surface area contributed by atoms with Gasteiger partial charge < -0.3 is 15.4 Å². The van der Waals surface area contributed by atoms with Gasteiger partial charge in [0.05, 0.1) is 17.6 Å². The van der Waals surface area contributed by atoms with Crippen LogP contribution in [0.4, 0.5) is 5.69 Å². The Labute approximate surface area is 177 Å². The summed E-state index contributed by atoms with van der Waals surface area (Å²) in [4.78, 5) is 17.3. The summed E-state index contributed by atoms with van der Waals surface area (Å²) in [5.74, 6) is 1.24. The second kappa shape index (κ2) is 12.1. The third-order valence-electron chi connectivity index (χ3n) is 4.20. The van der Waals surface area contributed by atoms with E-state index in [0.29, 0.717) is 30.5 Å². The zero-order valence-corrected chi connectivity index (χ0v) is 18.5. The van der Waals surface area contributed by atoms with Crippen LogP contribution in [0.15, 0.2) is 29.3 Å². The van der Waals surface area contributed by atoms with Gasteiger partial charge in [-0.3, -0.25) is 20.0 Å². The second-order valence-electron chi connectivity index (χ2n) is 6.84. The summed E-state index contributed by atoms with van der Waals surface area (Å²) >= 11 is 0. The molecule has 1 aliphatic heterocycles. The lowest BCUT2D eigenvalue weighted by molar-refractivity contribution is -0.385. The predicted octanol–water partition coefficient (Wildman–Crippen LogP) is 2.23. The van der Waals surface area contributed by atoms with Crippen molar-refractivity contribution in [2.45, 2.75) is 26.5 Å². The van der Waals surface area contributed by atoms with Gasteiger partial charge >= 0.3 is 0 Å². The molecule has 2 rings (SSSR count). The fourth-order valence-corrected chi connectivity index (χ4v) is 3.03. The zero-order chi connectivity index (χ0) is 18.9. The summed E-state index contributed by atoms with van der Waals surface area (Å²) in [6.45, 7) is 9.10. The Kier molecular flexibility index (Phi) is 10.6. The lowest BCUT2D eigenvalue weighted by atomic mass is 10.2. The molecule has 8 nitrogen and oxygen atoms in total. The summed E-state index contributed by atoms with van der Waals surface area (Å²) in [5, 5.41) is 17.5. The van der Waals surface area contributed by atoms with Gasteiger partial charge in [-0.1, -0.05) is 32.0 Å². The lowest BCUT2D eigenvalue weighted by Crippen LogP contribution is -2.50. The fraction of sp³-hybridized carbons (Fsp3) is 0.611. The van der Waals surface area contributed by atoms with Crippen LogP contribution in [-0.4, -0.2) is 61.7 Å². The number of ether oxygens (including phenoxy) is 1. The highest BCUT2D eigenvalue weighted by molar-refractivity contribution is 14.0. The largest absolute Gasteiger partial charge is 0.374 e. The third-order valence-corrected chi connectivity index (χ3v) is 4.20. The molecule has 0 spiro atoms. The average Bonchev–Trinajstić information content (AvgIpc) is 2.62. The Bertz CT molecular complexity index is 627. The first-order chi connectivity index (χ1) is 12.5. The Hall–Kier alpha value is -1.46. The topological polar surface area (TPSA) is 92.0 Å². The molecule has 0 amide bonds. The van der Waals surface area contributed by atoms with Gasteiger partial charge in [-0.15, -0.1) is 24.0 Å². The van der Waals surface area contributed by atoms with Crippen molar-refractivity contribution in [3.05, 3.63) is 39.9 Å². The van der Waals surface area contributed by atoms with Gasteiger partial charge in [0, 0.05) is 51.4 Å². The van der Waals surface area contributed by atoms with Gasteiger partial charge in [0.25, 0.3) is 5.69 Å². The van der Waals surface area contributed by atoms with Crippen molar-refractivity contribution in [1.29, 1.82) is 0 Å². The van der Waals surface area contributed by atoms with Crippen molar-refractivity contribution in [1.82, 2.24) is 15.5 Å². The number of nitrogens with one attached hydrogen (secondary N) is 2. The molecule has 0 aliphatic carbocycles. The molecule has 27 heavy (non-hydrogen) atoms. The molecule has 2 N–H and O–H groups in total. The number of rotatable bonds is 7. The molecule has 1 aliphatic rings. The molecular weight excluding hydrogens is 461 g/mol. The molecule has 1 saturated heterocycles. The predicted molar refractivity (Wildman–Crippen MR) is 118 cm³/mol. The number of para-hydroxylation sites is 1. The summed E-state index contributed by atoms with van der Waals surface area (Å²) in [6, 6.07) is 6.70. The van der Waals surface area contributed by atoms with Crippen LogP contribution >= 0.6 is 24.0 Å². The Morgan fingerprint density at radius 2 is 2.15 bits per heavy atom. The van der Waals surface area contributed by atoms with Crippen molar-refractivity contribution in [2.75, 3.05) is 39.8 Å². The maximum absolute atomic E-state index is 11.1. The van der Waals surface area contributed by atoms with E-state index >= 15 is 0 Å². The SMILES string of the molecule is CN=C(NCc1ccccc1[N+](=O)[O-])NCC1CN(CC(C)C)CCO1.I. The van der Waals surface area contributed by atoms with Crippen molar-refractivity contribution < 1.29 is 9.66 Å². The monoisotopic (exact) mass is 491 g/mol. The molecule has 0 saturated carbocycles. The highest BCUT2D eigenvalue weighted by atomic mass is 127. The van der Waals surface area contributed by atoms with E-state index in [0.717, 1.165) is 26.2 Å². The fourth-order valence-electron chi connectivity index (χ4n) is 3.03. The summed E-state index contributed by atoms with van der Waals surface area (Å²) < 4.78 is 5.82. The van der Waals surface area contributed by atoms with Gasteiger partial charge in [0.2, 0.25) is 0 Å². The van der Waals surface area contributed by atoms with Crippen LogP contribution in [0.2, 0.25) is 0 Å². The molecule has 0 aromatic heterocycles. The number of morpholine rings is 1. The summed E-state index contributed by atoms with van der Waals surface area (Å²) in [7, 11) is 1.68. The van der Waals surface area contributed by atoms with Crippen molar-refractivity contribution in [3.63, 3.8) is 0 Å². The third kappa shape index (κ3) is 7.97. The van der Waals surface area contributed by atoms with Crippen molar-refractivity contribution in [3.8, 4) is 0 Å². The standard InChI is InChI=1S/C18H29N5O3.HI/c1-14(2)12-22-8-9-26-16(13-22)11-21-18(19-3)20-10-15-6-4-5-7-17(15)23(24)25;/h4-7,14,16H,8-13H2,1-3H3,(H2,19,20,21);1H. The number of hydrogen-bond acceptors (Lipinski definition) is 5. The molecule has 1 heterocycles. The van der Waals surface area contributed by atoms with Crippen LogP contribution < -0.4 is 10.6 Å². The van der Waals surface area contributed by atoms with E-state index in [1.165, 1.54) is 6.07 Å². The molecule has 1 fully saturated rings. The van der Waals surface area contributed by atoms with E-state index in [4.69, 9.17) is 4.74 Å². The first-order valence-corrected chi connectivity index (χ1v) is 9.00. The molecular formula is C18H30IN5O3. The van der Waals surface area contributed by atoms with E-state index in [2.05, 4.69) is 34.4 Å². The number of hydrogen-bond donors (Lipinski definition) is 2. The number of nitrogens with zero attached hydrogens (tertiary/aromatic N) is 3. The van der Waals surface area contributed by atoms with Crippen LogP contribution in [0, 0.1) is 16.0 Å². The summed E-state index contributed by atoms with van der Waals surface area (Å²) in [5.41, 5.74) is 0.730. The first kappa shape index (κ1) is 23.6. The molecule has 0 radical (unpaired) electrons. The molecule has 1 aromatic rings. The normalized spacial score (nSPS) is 18.1. The quantitative estimate of drug-likeness (QED) is 0.200. The minimum atomic E-state index is -0.369. The Balaban J connectivity index is 0.00000364. The average molecular weight is 491 g/mol. The minimum Gasteiger partial charge on any atom is -0.374 e. The first-order valence-electron chi connectivity index (χ1n) is 9.00. The number of aliphatic imine (C=N–C) groups is 1. The van der Waals surface area contributed by atoms with E-state index in [-0.39, 0.29) is 40.7 Å². The van der Waals surface area contributed by atoms with Gasteiger partial charge in [0.1, 0.15) is 0 Å². The number of nitro groups is 1. The van der Waals surface area contributed by atoms with Gasteiger partial charge in [0.15, 0.2) is 5.96 Å². The number of benzene rings is 1. The smallest absolute Gasteiger partial charge is 0.274 e. The number of guanidine groups is 1. The van der Waals surface area contributed by atoms with Crippen molar-refractivity contribution in [2.24, 2.45) is 10.9 Å². The maximum Gasteiger partial charge on any atom is 0.274 e. The number of halogens is 1. The van der Waals surface area contributed by atoms with Gasteiger partial charge in [-0.2, -0.15) is 0 Å². The highest BCUT2D eigenvalue weighted by Gasteiger charge is 2.21. The Morgan fingerprint density at radius 3 is 2.81 bits per heavy atom. The van der Waals surface area contributed by atoms with E-state index in [9.17, 15) is 10.1 Å². The van der Waals surface area contributed by atoms with Crippen LogP contribution in [0.1, 0.15) is 19.4 Å². The summed E-state index contributed by atoms with van der Waals surface area (Å²) in [6.07, 6.45) is 0.104. The van der Waals surface area contributed by atoms with E-state index in [1.54, 1.807) is 25.2 Å². The lowest BCUT2D eigenvalue weighted by Gasteiger charge is -2.34. The van der Waals surface area contributed by atoms with Gasteiger partial charge in [-0.25, -0.2) is 0 Å². The highest BCUT2D eigenvalue weighted by Crippen LogP contribution is 2.17. The Morgan fingerprint density at radius 1 is 1.41 bits per heavy atom. The van der Waals surface area contributed by atoms with Crippen LogP contribution in [-0.2, 0) is 11.3 Å². The van der Waals surface area contributed by atoms with Crippen LogP contribution in [0.25, 0.3) is 0 Å².